The van der Waals surface area contributed by atoms with Crippen LogP contribution in [-0.4, -0.2) is 47.4 Å². The highest BCUT2D eigenvalue weighted by Gasteiger charge is 2.18. The molecule has 1 amide bonds. The van der Waals surface area contributed by atoms with Gasteiger partial charge >= 0.3 is 5.97 Å². The fourth-order valence-electron chi connectivity index (χ4n) is 10.4. The first-order valence-corrected chi connectivity index (χ1v) is 33.8. The first-order chi connectivity index (χ1) is 37.0. The van der Waals surface area contributed by atoms with Gasteiger partial charge in [0.05, 0.1) is 25.4 Å². The molecule has 0 aromatic rings. The standard InChI is InChI=1S/C69H131NO5/c1-3-5-7-9-11-13-15-17-19-21-22-23-24-25-27-30-33-37-41-45-49-53-57-61-67(72)66(65-71)70-68(73)62-58-54-50-46-42-38-34-31-28-26-29-32-36-40-44-48-52-56-60-64-75-69(74)63-59-55-51-47-43-39-35-20-18-16-14-12-10-8-6-4-2/h20,26,28,35,57,61,66-67,71-72H,3-19,21-25,27,29-34,36-56,58-60,62-65H2,1-2H3,(H,70,73)/b28-26-,35-20-,61-57+. The second-order valence-electron chi connectivity index (χ2n) is 23.1. The lowest BCUT2D eigenvalue weighted by Crippen LogP contribution is -2.45. The van der Waals surface area contributed by atoms with E-state index in [-0.39, 0.29) is 18.5 Å². The molecular formula is C69H131NO5. The molecule has 0 aliphatic heterocycles. The third-order valence-corrected chi connectivity index (χ3v) is 15.6. The van der Waals surface area contributed by atoms with Crippen molar-refractivity contribution in [2.45, 2.75) is 379 Å². The van der Waals surface area contributed by atoms with Gasteiger partial charge in [0, 0.05) is 12.8 Å². The van der Waals surface area contributed by atoms with Crippen molar-refractivity contribution in [1.29, 1.82) is 0 Å². The van der Waals surface area contributed by atoms with Crippen LogP contribution in [0.3, 0.4) is 0 Å². The maximum atomic E-state index is 12.5. The van der Waals surface area contributed by atoms with Crippen molar-refractivity contribution < 1.29 is 24.5 Å². The largest absolute Gasteiger partial charge is 0.466 e. The first-order valence-electron chi connectivity index (χ1n) is 33.8. The van der Waals surface area contributed by atoms with Crippen LogP contribution in [0.4, 0.5) is 0 Å². The van der Waals surface area contributed by atoms with Crippen LogP contribution in [-0.2, 0) is 14.3 Å². The van der Waals surface area contributed by atoms with Gasteiger partial charge in [0.15, 0.2) is 0 Å². The van der Waals surface area contributed by atoms with E-state index in [0.29, 0.717) is 19.4 Å². The molecule has 442 valence electrons. The number of nitrogens with one attached hydrogen (secondary N) is 1. The number of aliphatic hydroxyl groups excluding tert-OH is 2. The summed E-state index contributed by atoms with van der Waals surface area (Å²) in [5.41, 5.74) is 0. The van der Waals surface area contributed by atoms with Gasteiger partial charge in [0.2, 0.25) is 5.91 Å². The molecule has 0 aromatic heterocycles. The minimum atomic E-state index is -0.853. The summed E-state index contributed by atoms with van der Waals surface area (Å²) < 4.78 is 5.48. The van der Waals surface area contributed by atoms with Gasteiger partial charge in [0.25, 0.3) is 0 Å². The van der Waals surface area contributed by atoms with Crippen LogP contribution in [0.5, 0.6) is 0 Å². The zero-order chi connectivity index (χ0) is 54.3. The Morgan fingerprint density at radius 3 is 0.947 bits per heavy atom. The average Bonchev–Trinajstić information content (AvgIpc) is 3.41. The number of ether oxygens (including phenoxy) is 1. The lowest BCUT2D eigenvalue weighted by Gasteiger charge is -2.20. The Bertz CT molecular complexity index is 1210. The van der Waals surface area contributed by atoms with Gasteiger partial charge in [-0.3, -0.25) is 9.59 Å². The van der Waals surface area contributed by atoms with Gasteiger partial charge in [0.1, 0.15) is 0 Å². The van der Waals surface area contributed by atoms with Gasteiger partial charge < -0.3 is 20.3 Å². The second kappa shape index (κ2) is 64.6. The lowest BCUT2D eigenvalue weighted by atomic mass is 10.0. The third kappa shape index (κ3) is 61.2. The molecule has 3 N–H and O–H groups in total. The van der Waals surface area contributed by atoms with E-state index >= 15 is 0 Å². The van der Waals surface area contributed by atoms with E-state index < -0.39 is 12.1 Å². The Morgan fingerprint density at radius 1 is 0.360 bits per heavy atom. The first kappa shape index (κ1) is 73.1. The zero-order valence-corrected chi connectivity index (χ0v) is 50.5. The fourth-order valence-corrected chi connectivity index (χ4v) is 10.4. The summed E-state index contributed by atoms with van der Waals surface area (Å²) in [5.74, 6) is -0.0782. The van der Waals surface area contributed by atoms with E-state index in [1.165, 1.54) is 289 Å². The number of allylic oxidation sites excluding steroid dienone is 5. The number of esters is 1. The van der Waals surface area contributed by atoms with Gasteiger partial charge in [-0.25, -0.2) is 0 Å². The van der Waals surface area contributed by atoms with Crippen molar-refractivity contribution in [3.05, 3.63) is 36.5 Å². The molecule has 0 saturated heterocycles. The predicted molar refractivity (Wildman–Crippen MR) is 329 cm³/mol. The highest BCUT2D eigenvalue weighted by Crippen LogP contribution is 2.18. The number of rotatable bonds is 63. The Labute approximate surface area is 468 Å². The molecule has 0 rings (SSSR count). The maximum Gasteiger partial charge on any atom is 0.305 e. The number of carbonyl (C=O) groups is 2. The van der Waals surface area contributed by atoms with Crippen molar-refractivity contribution in [3.8, 4) is 0 Å². The molecule has 0 fully saturated rings. The number of aliphatic hydroxyl groups is 2. The molecule has 2 atom stereocenters. The van der Waals surface area contributed by atoms with Gasteiger partial charge in [-0.05, 0) is 83.5 Å². The van der Waals surface area contributed by atoms with E-state index in [2.05, 4.69) is 43.5 Å². The summed E-state index contributed by atoms with van der Waals surface area (Å²) in [6, 6.07) is -0.637. The summed E-state index contributed by atoms with van der Waals surface area (Å²) >= 11 is 0. The van der Waals surface area contributed by atoms with Crippen LogP contribution < -0.4 is 5.32 Å². The minimum Gasteiger partial charge on any atom is -0.466 e. The molecule has 0 heterocycles. The van der Waals surface area contributed by atoms with Crippen LogP contribution in [0.1, 0.15) is 367 Å². The van der Waals surface area contributed by atoms with Crippen LogP contribution in [0.25, 0.3) is 0 Å². The third-order valence-electron chi connectivity index (χ3n) is 15.6. The number of unbranched alkanes of at least 4 members (excludes halogenated alkanes) is 48. The molecule has 2 unspecified atom stereocenters. The highest BCUT2D eigenvalue weighted by molar-refractivity contribution is 5.76. The van der Waals surface area contributed by atoms with Crippen LogP contribution in [0, 0.1) is 0 Å². The zero-order valence-electron chi connectivity index (χ0n) is 50.5. The van der Waals surface area contributed by atoms with E-state index in [0.717, 1.165) is 51.4 Å². The number of carbonyl (C=O) groups excluding carboxylic acids is 2. The minimum absolute atomic E-state index is 0.00367. The predicted octanol–water partition coefficient (Wildman–Crippen LogP) is 21.5. The summed E-state index contributed by atoms with van der Waals surface area (Å²) in [5, 5.41) is 23.2. The quantitative estimate of drug-likeness (QED) is 0.0320. The average molecular weight is 1050 g/mol. The molecule has 6 heteroatoms. The van der Waals surface area contributed by atoms with Crippen LogP contribution >= 0.6 is 0 Å². The SMILES string of the molecule is CCCCCCCCC/C=C\CCCCCCCC(=O)OCCCCCCCCCC/C=C\CCCCCCCCCC(=O)NC(CO)C(O)/C=C/CCCCCCCCCCCCCCCCCCCCCCC. The Morgan fingerprint density at radius 2 is 0.627 bits per heavy atom. The Kier molecular flexibility index (Phi) is 63.0. The van der Waals surface area contributed by atoms with E-state index in [9.17, 15) is 19.8 Å². The molecule has 0 saturated carbocycles. The van der Waals surface area contributed by atoms with Gasteiger partial charge in [-0.1, -0.05) is 307 Å². The van der Waals surface area contributed by atoms with E-state index in [1.807, 2.05) is 6.08 Å². The molecular weight excluding hydrogens is 923 g/mol. The highest BCUT2D eigenvalue weighted by atomic mass is 16.5. The van der Waals surface area contributed by atoms with Crippen molar-refractivity contribution in [1.82, 2.24) is 5.32 Å². The summed E-state index contributed by atoms with van der Waals surface area (Å²) in [6.07, 6.45) is 82.0. The normalized spacial score (nSPS) is 12.7. The number of hydrogen-bond donors (Lipinski definition) is 3. The monoisotopic (exact) mass is 1050 g/mol. The van der Waals surface area contributed by atoms with Crippen LogP contribution in [0.15, 0.2) is 36.5 Å². The Balaban J connectivity index is 3.47. The smallest absolute Gasteiger partial charge is 0.305 e. The molecule has 0 aromatic carbocycles. The summed E-state index contributed by atoms with van der Waals surface area (Å²) in [4.78, 5) is 24.6. The number of hydrogen-bond acceptors (Lipinski definition) is 5. The fraction of sp³-hybridized carbons (Fsp3) is 0.884. The lowest BCUT2D eigenvalue weighted by molar-refractivity contribution is -0.143. The van der Waals surface area contributed by atoms with Crippen molar-refractivity contribution in [3.63, 3.8) is 0 Å². The molecule has 75 heavy (non-hydrogen) atoms. The number of amides is 1. The molecule has 0 spiro atoms. The second-order valence-corrected chi connectivity index (χ2v) is 23.1. The van der Waals surface area contributed by atoms with Crippen molar-refractivity contribution in [2.24, 2.45) is 0 Å². The van der Waals surface area contributed by atoms with Gasteiger partial charge in [-0.2, -0.15) is 0 Å². The summed E-state index contributed by atoms with van der Waals surface area (Å²) in [7, 11) is 0. The molecule has 0 aliphatic rings. The van der Waals surface area contributed by atoms with Crippen molar-refractivity contribution in [2.75, 3.05) is 13.2 Å². The molecule has 0 bridgehead atoms. The van der Waals surface area contributed by atoms with Gasteiger partial charge in [-0.15, -0.1) is 0 Å². The molecule has 0 aliphatic carbocycles. The van der Waals surface area contributed by atoms with Crippen molar-refractivity contribution >= 4 is 11.9 Å². The molecule has 0 radical (unpaired) electrons. The molecule has 6 nitrogen and oxygen atoms in total. The van der Waals surface area contributed by atoms with E-state index in [1.54, 1.807) is 6.08 Å². The topological polar surface area (TPSA) is 95.9 Å². The van der Waals surface area contributed by atoms with Crippen LogP contribution in [0.2, 0.25) is 0 Å². The van der Waals surface area contributed by atoms with E-state index in [4.69, 9.17) is 4.74 Å². The Hall–Kier alpha value is -1.92. The maximum absolute atomic E-state index is 12.5. The summed E-state index contributed by atoms with van der Waals surface area (Å²) in [6.45, 7) is 4.91.